The van der Waals surface area contributed by atoms with Crippen LogP contribution in [0.15, 0.2) is 53.5 Å². The molecule has 1 N–H and O–H groups in total. The molecule has 0 aromatic heterocycles. The van der Waals surface area contributed by atoms with E-state index in [1.54, 1.807) is 36.4 Å². The maximum Gasteiger partial charge on any atom is 0.303 e. The van der Waals surface area contributed by atoms with E-state index in [4.69, 9.17) is 11.6 Å². The number of fused-ring (bicyclic) bond motifs is 1. The van der Waals surface area contributed by atoms with Gasteiger partial charge in [-0.2, -0.15) is 0 Å². The molecule has 0 aliphatic carbocycles. The van der Waals surface area contributed by atoms with Gasteiger partial charge in [0.05, 0.1) is 11.1 Å². The number of amides is 1. The van der Waals surface area contributed by atoms with E-state index in [9.17, 15) is 14.4 Å². The summed E-state index contributed by atoms with van der Waals surface area (Å²) in [6.07, 6.45) is -2.26. The molecule has 21 heavy (non-hydrogen) atoms. The second kappa shape index (κ2) is 5.27. The highest BCUT2D eigenvalue weighted by Gasteiger charge is 2.29. The molecule has 2 aromatic carbocycles. The molecule has 0 spiro atoms. The first kappa shape index (κ1) is 13.7. The number of alkyl halides is 1. The SMILES string of the molecule is O=C1N=c2ccc(Cl)cc2=C(c2ccccc2)N(O)C1F. The van der Waals surface area contributed by atoms with Gasteiger partial charge in [0.15, 0.2) is 0 Å². The Morgan fingerprint density at radius 3 is 2.62 bits per heavy atom. The molecule has 0 saturated carbocycles. The zero-order valence-corrected chi connectivity index (χ0v) is 11.5. The summed E-state index contributed by atoms with van der Waals surface area (Å²) < 4.78 is 14.0. The van der Waals surface area contributed by atoms with Crippen LogP contribution in [0.2, 0.25) is 5.02 Å². The first-order valence-electron chi connectivity index (χ1n) is 6.18. The first-order chi connectivity index (χ1) is 10.1. The number of halogens is 2. The number of carbonyl (C=O) groups excluding carboxylic acids is 1. The lowest BCUT2D eigenvalue weighted by molar-refractivity contribution is -0.151. The molecule has 0 fully saturated rings. The van der Waals surface area contributed by atoms with E-state index in [0.29, 0.717) is 20.9 Å². The largest absolute Gasteiger partial charge is 0.303 e. The van der Waals surface area contributed by atoms with E-state index < -0.39 is 12.2 Å². The Kier molecular flexibility index (Phi) is 3.45. The van der Waals surface area contributed by atoms with Gasteiger partial charge in [-0.1, -0.05) is 41.9 Å². The van der Waals surface area contributed by atoms with Crippen molar-refractivity contribution < 1.29 is 14.4 Å². The predicted octanol–water partition coefficient (Wildman–Crippen LogP) is 1.64. The molecule has 1 atom stereocenters. The Morgan fingerprint density at radius 1 is 1.19 bits per heavy atom. The van der Waals surface area contributed by atoms with E-state index in [2.05, 4.69) is 4.99 Å². The van der Waals surface area contributed by atoms with E-state index in [1.165, 1.54) is 12.1 Å². The van der Waals surface area contributed by atoms with Crippen LogP contribution in [-0.2, 0) is 4.79 Å². The number of hydrogen-bond acceptors (Lipinski definition) is 3. The zero-order valence-electron chi connectivity index (χ0n) is 10.7. The van der Waals surface area contributed by atoms with Crippen molar-refractivity contribution >= 4 is 23.2 Å². The second-order valence-corrected chi connectivity index (χ2v) is 4.94. The van der Waals surface area contributed by atoms with Crippen molar-refractivity contribution in [2.75, 3.05) is 0 Å². The number of carbonyl (C=O) groups is 1. The Bertz CT molecular complexity index is 823. The lowest BCUT2D eigenvalue weighted by atomic mass is 10.1. The van der Waals surface area contributed by atoms with Gasteiger partial charge in [-0.05, 0) is 18.2 Å². The van der Waals surface area contributed by atoms with E-state index >= 15 is 0 Å². The minimum Gasteiger partial charge on any atom is -0.285 e. The molecule has 1 aliphatic heterocycles. The number of hydrogen-bond donors (Lipinski definition) is 1. The van der Waals surface area contributed by atoms with Crippen molar-refractivity contribution in [1.29, 1.82) is 0 Å². The smallest absolute Gasteiger partial charge is 0.285 e. The first-order valence-corrected chi connectivity index (χ1v) is 6.56. The quantitative estimate of drug-likeness (QED) is 0.815. The Labute approximate surface area is 124 Å². The van der Waals surface area contributed by atoms with Gasteiger partial charge in [0.25, 0.3) is 6.30 Å². The van der Waals surface area contributed by atoms with Crippen LogP contribution in [0.1, 0.15) is 5.56 Å². The standard InChI is InChI=1S/C15H10ClFN2O2/c16-10-6-7-12-11(8-10)13(9-4-2-1-3-5-9)19(21)14(17)15(20)18-12/h1-8,14,21H. The summed E-state index contributed by atoms with van der Waals surface area (Å²) in [5.41, 5.74) is 0.700. The third-order valence-electron chi connectivity index (χ3n) is 3.14. The van der Waals surface area contributed by atoms with Crippen LogP contribution in [0.25, 0.3) is 5.70 Å². The molecule has 1 amide bonds. The van der Waals surface area contributed by atoms with Crippen molar-refractivity contribution in [1.82, 2.24) is 5.06 Å². The monoisotopic (exact) mass is 304 g/mol. The summed E-state index contributed by atoms with van der Waals surface area (Å²) in [5, 5.41) is 11.4. The van der Waals surface area contributed by atoms with Gasteiger partial charge in [-0.25, -0.2) is 14.4 Å². The van der Waals surface area contributed by atoms with Crippen LogP contribution >= 0.6 is 11.6 Å². The van der Waals surface area contributed by atoms with Crippen molar-refractivity contribution in [3.05, 3.63) is 69.7 Å². The predicted molar refractivity (Wildman–Crippen MR) is 74.7 cm³/mol. The van der Waals surface area contributed by atoms with Crippen LogP contribution in [0.4, 0.5) is 4.39 Å². The van der Waals surface area contributed by atoms with E-state index in [-0.39, 0.29) is 11.1 Å². The van der Waals surface area contributed by atoms with Crippen molar-refractivity contribution in [2.45, 2.75) is 6.30 Å². The maximum absolute atomic E-state index is 14.0. The van der Waals surface area contributed by atoms with Crippen LogP contribution in [0.5, 0.6) is 0 Å². The van der Waals surface area contributed by atoms with E-state index in [0.717, 1.165) is 0 Å². The van der Waals surface area contributed by atoms with Gasteiger partial charge < -0.3 is 0 Å². The van der Waals surface area contributed by atoms with Gasteiger partial charge in [0.1, 0.15) is 0 Å². The molecule has 1 aliphatic rings. The lowest BCUT2D eigenvalue weighted by Crippen LogP contribution is -2.35. The van der Waals surface area contributed by atoms with Gasteiger partial charge in [0, 0.05) is 15.8 Å². The minimum absolute atomic E-state index is 0.148. The minimum atomic E-state index is -2.26. The topological polar surface area (TPSA) is 52.9 Å². The van der Waals surface area contributed by atoms with Gasteiger partial charge in [-0.15, -0.1) is 0 Å². The molecular weight excluding hydrogens is 295 g/mol. The second-order valence-electron chi connectivity index (χ2n) is 4.51. The van der Waals surface area contributed by atoms with Gasteiger partial charge in [0.2, 0.25) is 0 Å². The van der Waals surface area contributed by atoms with Gasteiger partial charge in [-0.3, -0.25) is 10.0 Å². The molecule has 0 radical (unpaired) electrons. The summed E-state index contributed by atoms with van der Waals surface area (Å²) in [6, 6.07) is 13.3. The molecule has 106 valence electrons. The summed E-state index contributed by atoms with van der Waals surface area (Å²) >= 11 is 5.97. The molecule has 6 heteroatoms. The lowest BCUT2D eigenvalue weighted by Gasteiger charge is -2.21. The molecule has 4 nitrogen and oxygen atoms in total. The fourth-order valence-electron chi connectivity index (χ4n) is 2.19. The molecule has 0 bridgehead atoms. The van der Waals surface area contributed by atoms with Crippen molar-refractivity contribution in [3.63, 3.8) is 0 Å². The Balaban J connectivity index is 2.45. The van der Waals surface area contributed by atoms with Crippen LogP contribution in [-0.4, -0.2) is 22.5 Å². The highest BCUT2D eigenvalue weighted by molar-refractivity contribution is 6.30. The third kappa shape index (κ3) is 2.41. The fraction of sp³-hybridized carbons (Fsp3) is 0.0667. The molecule has 3 rings (SSSR count). The normalized spacial score (nSPS) is 18.0. The van der Waals surface area contributed by atoms with Crippen molar-refractivity contribution in [2.24, 2.45) is 4.99 Å². The summed E-state index contributed by atoms with van der Waals surface area (Å²) in [6.45, 7) is 0. The average molecular weight is 305 g/mol. The van der Waals surface area contributed by atoms with Crippen LogP contribution in [0, 0.1) is 0 Å². The number of nitrogens with zero attached hydrogens (tertiary/aromatic N) is 2. The molecule has 1 unspecified atom stereocenters. The average Bonchev–Trinajstić information content (AvgIpc) is 2.58. The maximum atomic E-state index is 14.0. The molecule has 1 heterocycles. The van der Waals surface area contributed by atoms with Gasteiger partial charge >= 0.3 is 5.91 Å². The Morgan fingerprint density at radius 2 is 1.90 bits per heavy atom. The van der Waals surface area contributed by atoms with Crippen LogP contribution in [0.3, 0.4) is 0 Å². The summed E-state index contributed by atoms with van der Waals surface area (Å²) in [4.78, 5) is 15.4. The van der Waals surface area contributed by atoms with Crippen molar-refractivity contribution in [3.8, 4) is 0 Å². The number of benzene rings is 2. The Hall–Kier alpha value is -2.24. The molecule has 2 aromatic rings. The summed E-state index contributed by atoms with van der Waals surface area (Å²) in [5.74, 6) is -1.06. The molecule has 0 saturated heterocycles. The highest BCUT2D eigenvalue weighted by atomic mass is 35.5. The summed E-state index contributed by atoms with van der Waals surface area (Å²) in [7, 11) is 0. The molecular formula is C15H10ClFN2O2. The number of rotatable bonds is 1. The van der Waals surface area contributed by atoms with E-state index in [1.807, 2.05) is 0 Å². The third-order valence-corrected chi connectivity index (χ3v) is 3.37. The fourth-order valence-corrected chi connectivity index (χ4v) is 2.36. The van der Waals surface area contributed by atoms with Crippen LogP contribution < -0.4 is 10.6 Å². The zero-order chi connectivity index (χ0) is 15.0. The number of hydroxylamine groups is 2. The highest BCUT2D eigenvalue weighted by Crippen LogP contribution is 2.19.